The molecule has 1 heterocycles. The molecule has 2 rings (SSSR count). The molecule has 0 saturated carbocycles. The molecule has 0 radical (unpaired) electrons. The molecule has 1 aliphatic rings. The van der Waals surface area contributed by atoms with E-state index < -0.39 is 15.1 Å². The normalized spacial score (nSPS) is 21.6. The van der Waals surface area contributed by atoms with Gasteiger partial charge >= 0.3 is 6.03 Å². The second-order valence-electron chi connectivity index (χ2n) is 7.20. The summed E-state index contributed by atoms with van der Waals surface area (Å²) in [6, 6.07) is 9.32. The Morgan fingerprint density at radius 1 is 1.26 bits per heavy atom. The molecule has 6 heteroatoms. The first kappa shape index (κ1) is 17.8. The van der Waals surface area contributed by atoms with Gasteiger partial charge in [-0.25, -0.2) is 13.2 Å². The van der Waals surface area contributed by atoms with Crippen LogP contribution in [0.5, 0.6) is 0 Å². The van der Waals surface area contributed by atoms with E-state index in [4.69, 9.17) is 0 Å². The quantitative estimate of drug-likeness (QED) is 0.886. The summed E-state index contributed by atoms with van der Waals surface area (Å²) in [6.07, 6.45) is 1.31. The topological polar surface area (TPSA) is 75.3 Å². The summed E-state index contributed by atoms with van der Waals surface area (Å²) >= 11 is 0. The van der Waals surface area contributed by atoms with E-state index in [1.807, 2.05) is 30.3 Å². The first-order valence-corrected chi connectivity index (χ1v) is 9.72. The molecule has 1 aliphatic heterocycles. The zero-order chi connectivity index (χ0) is 17.1. The summed E-state index contributed by atoms with van der Waals surface area (Å²) in [4.78, 5) is 12.2. The number of urea groups is 1. The molecule has 23 heavy (non-hydrogen) atoms. The maximum absolute atomic E-state index is 12.2. The van der Waals surface area contributed by atoms with Crippen molar-refractivity contribution in [3.8, 4) is 0 Å². The summed E-state index contributed by atoms with van der Waals surface area (Å²) in [7, 11) is -3.03. The van der Waals surface area contributed by atoms with Crippen LogP contribution in [0.25, 0.3) is 0 Å². The van der Waals surface area contributed by atoms with Crippen LogP contribution in [0.4, 0.5) is 4.79 Å². The number of amides is 2. The lowest BCUT2D eigenvalue weighted by Gasteiger charge is -2.32. The number of nitrogens with one attached hydrogen (secondary N) is 2. The number of carbonyl (C=O) groups is 1. The molecule has 0 aliphatic carbocycles. The zero-order valence-corrected chi connectivity index (χ0v) is 14.8. The summed E-state index contributed by atoms with van der Waals surface area (Å²) < 4.78 is 23.6. The van der Waals surface area contributed by atoms with E-state index in [1.165, 1.54) is 0 Å². The fraction of sp³-hybridized carbons (Fsp3) is 0.588. The fourth-order valence-corrected chi connectivity index (χ4v) is 4.69. The van der Waals surface area contributed by atoms with Crippen LogP contribution in [0.3, 0.4) is 0 Å². The van der Waals surface area contributed by atoms with Gasteiger partial charge in [0, 0.05) is 6.54 Å². The Kier molecular flexibility index (Phi) is 5.34. The lowest BCUT2D eigenvalue weighted by molar-refractivity contribution is 0.218. The molecule has 0 unspecified atom stereocenters. The number of benzene rings is 1. The number of carbonyl (C=O) groups excluding carboxylic acids is 1. The molecule has 5 nitrogen and oxygen atoms in total. The van der Waals surface area contributed by atoms with E-state index in [0.29, 0.717) is 12.8 Å². The van der Waals surface area contributed by atoms with Gasteiger partial charge in [-0.15, -0.1) is 0 Å². The molecule has 2 N–H and O–H groups in total. The minimum atomic E-state index is -3.03. The maximum Gasteiger partial charge on any atom is 0.315 e. The lowest BCUT2D eigenvalue weighted by Crippen LogP contribution is -2.45. The van der Waals surface area contributed by atoms with E-state index in [2.05, 4.69) is 31.4 Å². The van der Waals surface area contributed by atoms with Gasteiger partial charge in [0.2, 0.25) is 0 Å². The largest absolute Gasteiger partial charge is 0.337 e. The van der Waals surface area contributed by atoms with Gasteiger partial charge in [-0.05, 0) is 23.8 Å². The Labute approximate surface area is 138 Å². The van der Waals surface area contributed by atoms with Crippen molar-refractivity contribution >= 4 is 15.9 Å². The monoisotopic (exact) mass is 338 g/mol. The van der Waals surface area contributed by atoms with Crippen molar-refractivity contribution in [1.82, 2.24) is 10.6 Å². The van der Waals surface area contributed by atoms with Crippen LogP contribution in [0.1, 0.15) is 45.2 Å². The highest BCUT2D eigenvalue weighted by Crippen LogP contribution is 2.32. The van der Waals surface area contributed by atoms with Crippen LogP contribution in [0.2, 0.25) is 0 Å². The summed E-state index contributed by atoms with van der Waals surface area (Å²) in [6.45, 7) is 6.37. The van der Waals surface area contributed by atoms with E-state index in [-0.39, 0.29) is 29.8 Å². The van der Waals surface area contributed by atoms with Crippen LogP contribution in [-0.4, -0.2) is 32.0 Å². The maximum atomic E-state index is 12.2. The molecule has 1 aromatic rings. The Morgan fingerprint density at radius 2 is 1.91 bits per heavy atom. The third-order valence-corrected chi connectivity index (χ3v) is 6.50. The van der Waals surface area contributed by atoms with Crippen LogP contribution in [0.15, 0.2) is 30.3 Å². The highest BCUT2D eigenvalue weighted by Gasteiger charge is 2.32. The third kappa shape index (κ3) is 4.70. The van der Waals surface area contributed by atoms with E-state index in [9.17, 15) is 13.2 Å². The molecule has 2 amide bonds. The Balaban J connectivity index is 1.99. The van der Waals surface area contributed by atoms with Crippen molar-refractivity contribution in [2.45, 2.75) is 44.9 Å². The zero-order valence-electron chi connectivity index (χ0n) is 14.0. The van der Waals surface area contributed by atoms with Crippen LogP contribution in [0, 0.1) is 5.41 Å². The van der Waals surface area contributed by atoms with Gasteiger partial charge < -0.3 is 10.6 Å². The number of rotatable bonds is 4. The predicted molar refractivity (Wildman–Crippen MR) is 92.0 cm³/mol. The van der Waals surface area contributed by atoms with Gasteiger partial charge in [0.1, 0.15) is 0 Å². The van der Waals surface area contributed by atoms with Crippen molar-refractivity contribution in [1.29, 1.82) is 0 Å². The predicted octanol–water partition coefficient (Wildman–Crippen LogP) is 2.65. The molecular formula is C17H26N2O3S. The van der Waals surface area contributed by atoms with Gasteiger partial charge in [0.25, 0.3) is 0 Å². The molecule has 0 bridgehead atoms. The van der Waals surface area contributed by atoms with Gasteiger partial charge in [-0.1, -0.05) is 51.1 Å². The first-order chi connectivity index (χ1) is 10.7. The Morgan fingerprint density at radius 3 is 2.43 bits per heavy atom. The molecule has 128 valence electrons. The smallest absolute Gasteiger partial charge is 0.315 e. The Hall–Kier alpha value is -1.56. The molecule has 1 saturated heterocycles. The van der Waals surface area contributed by atoms with Crippen molar-refractivity contribution in [3.05, 3.63) is 35.9 Å². The van der Waals surface area contributed by atoms with Crippen molar-refractivity contribution in [2.24, 2.45) is 5.41 Å². The molecular weight excluding hydrogens is 312 g/mol. The second-order valence-corrected chi connectivity index (χ2v) is 9.60. The summed E-state index contributed by atoms with van der Waals surface area (Å²) in [5.41, 5.74) is 0.877. The van der Waals surface area contributed by atoms with Crippen LogP contribution in [-0.2, 0) is 9.84 Å². The number of hydrogen-bond acceptors (Lipinski definition) is 3. The van der Waals surface area contributed by atoms with Gasteiger partial charge in [0.05, 0.1) is 17.0 Å². The standard InChI is InChI=1S/C17H26N2O3S/c1-17(2,3)15(13-8-5-4-6-9-13)19-16(20)18-12-14-10-7-11-23(14,21)22/h4-6,8-9,14-15H,7,10-12H2,1-3H3,(H2,18,19,20)/t14-,15+/m0/s1. The van der Waals surface area contributed by atoms with Crippen molar-refractivity contribution < 1.29 is 13.2 Å². The second kappa shape index (κ2) is 6.91. The molecule has 0 spiro atoms. The van der Waals surface area contributed by atoms with Crippen molar-refractivity contribution in [3.63, 3.8) is 0 Å². The fourth-order valence-electron chi connectivity index (χ4n) is 2.92. The number of hydrogen-bond donors (Lipinski definition) is 2. The SMILES string of the molecule is CC(C)(C)[C@H](NC(=O)NC[C@@H]1CCCS1(=O)=O)c1ccccc1. The molecule has 1 fully saturated rings. The average molecular weight is 338 g/mol. The van der Waals surface area contributed by atoms with Crippen LogP contribution >= 0.6 is 0 Å². The molecule has 1 aromatic carbocycles. The highest BCUT2D eigenvalue weighted by atomic mass is 32.2. The molecule has 2 atom stereocenters. The van der Waals surface area contributed by atoms with Gasteiger partial charge in [0.15, 0.2) is 9.84 Å². The van der Waals surface area contributed by atoms with Gasteiger partial charge in [-0.3, -0.25) is 0 Å². The highest BCUT2D eigenvalue weighted by molar-refractivity contribution is 7.92. The van der Waals surface area contributed by atoms with Gasteiger partial charge in [-0.2, -0.15) is 0 Å². The van der Waals surface area contributed by atoms with E-state index in [0.717, 1.165) is 5.56 Å². The van der Waals surface area contributed by atoms with E-state index in [1.54, 1.807) is 0 Å². The van der Waals surface area contributed by atoms with E-state index >= 15 is 0 Å². The summed E-state index contributed by atoms with van der Waals surface area (Å²) in [5.74, 6) is 0.232. The minimum Gasteiger partial charge on any atom is -0.337 e. The number of sulfone groups is 1. The van der Waals surface area contributed by atoms with Crippen LogP contribution < -0.4 is 10.6 Å². The Bertz CT molecular complexity index is 636. The minimum absolute atomic E-state index is 0.149. The lowest BCUT2D eigenvalue weighted by atomic mass is 9.82. The first-order valence-electron chi connectivity index (χ1n) is 8.01. The van der Waals surface area contributed by atoms with Crippen molar-refractivity contribution in [2.75, 3.05) is 12.3 Å². The third-order valence-electron chi connectivity index (χ3n) is 4.23. The summed E-state index contributed by atoms with van der Waals surface area (Å²) in [5, 5.41) is 5.26. The average Bonchev–Trinajstić information content (AvgIpc) is 2.81. The molecule has 0 aromatic heterocycles.